The molecule has 0 saturated carbocycles. The normalized spacial score (nSPS) is 0. The molecule has 0 aliphatic rings. The Balaban J connectivity index is 0. The largest absolute Gasteiger partial charge is 4.00 e. The van der Waals surface area contributed by atoms with E-state index < -0.39 is 0 Å². The van der Waals surface area contributed by atoms with Crippen LogP contribution in [0, 0.1) is 41.7 Å². The summed E-state index contributed by atoms with van der Waals surface area (Å²) in [5.41, 5.74) is 0. The summed E-state index contributed by atoms with van der Waals surface area (Å²) in [5, 5.41) is 0. The van der Waals surface area contributed by atoms with E-state index in [4.69, 9.17) is 0 Å². The molecule has 0 unspecified atom stereocenters. The van der Waals surface area contributed by atoms with Crippen LogP contribution in [0.4, 0.5) is 0 Å². The molecule has 0 amide bonds. The number of rotatable bonds is 0. The fraction of sp³-hybridized carbons (Fsp3) is 0. The summed E-state index contributed by atoms with van der Waals surface area (Å²) in [4.78, 5) is 0. The topological polar surface area (TPSA) is 120 Å². The standard InChI is InChI=1S/Ce.4H2O.Zr/h;4*1H2;/q;;;;;+4/p-4. The summed E-state index contributed by atoms with van der Waals surface area (Å²) in [7, 11) is 0. The average Bonchev–Trinajstić information content (AvgIpc) is 0. The van der Waals surface area contributed by atoms with Crippen LogP contribution in [0.15, 0.2) is 0 Å². The minimum atomic E-state index is 0. The molecule has 0 atom stereocenters. The third kappa shape index (κ3) is 36.0. The van der Waals surface area contributed by atoms with Crippen molar-refractivity contribution in [3.8, 4) is 0 Å². The van der Waals surface area contributed by atoms with Gasteiger partial charge in [0.25, 0.3) is 0 Å². The Labute approximate surface area is 88.4 Å². The van der Waals surface area contributed by atoms with Gasteiger partial charge in [0.1, 0.15) is 0 Å². The van der Waals surface area contributed by atoms with Crippen LogP contribution in [-0.4, -0.2) is 21.9 Å². The van der Waals surface area contributed by atoms with E-state index in [1.807, 2.05) is 0 Å². The van der Waals surface area contributed by atoms with Crippen LogP contribution in [0.5, 0.6) is 0 Å². The zero-order valence-corrected chi connectivity index (χ0v) is 8.39. The van der Waals surface area contributed by atoms with Gasteiger partial charge in [-0.05, 0) is 0 Å². The van der Waals surface area contributed by atoms with Gasteiger partial charge in [-0.3, -0.25) is 0 Å². The van der Waals surface area contributed by atoms with Gasteiger partial charge < -0.3 is 21.9 Å². The molecule has 0 aliphatic heterocycles. The van der Waals surface area contributed by atoms with Gasteiger partial charge in [0.05, 0.1) is 0 Å². The minimum absolute atomic E-state index is 0. The van der Waals surface area contributed by atoms with E-state index in [2.05, 4.69) is 0 Å². The van der Waals surface area contributed by atoms with Gasteiger partial charge in [0.2, 0.25) is 0 Å². The van der Waals surface area contributed by atoms with Crippen LogP contribution >= 0.6 is 0 Å². The summed E-state index contributed by atoms with van der Waals surface area (Å²) >= 11 is 0. The molecule has 6 heteroatoms. The smallest absolute Gasteiger partial charge is 0.870 e. The number of hydrogen-bond donors (Lipinski definition) is 0. The molecule has 0 aromatic rings. The minimum Gasteiger partial charge on any atom is -0.870 e. The fourth-order valence-corrected chi connectivity index (χ4v) is 0. The molecule has 0 rings (SSSR count). The molecular formula is H4CeO4Zr. The summed E-state index contributed by atoms with van der Waals surface area (Å²) in [6.45, 7) is 0. The summed E-state index contributed by atoms with van der Waals surface area (Å²) < 4.78 is 0. The van der Waals surface area contributed by atoms with Gasteiger partial charge in [0, 0.05) is 41.7 Å². The van der Waals surface area contributed by atoms with E-state index >= 15 is 0 Å². The van der Waals surface area contributed by atoms with Crippen LogP contribution in [0.1, 0.15) is 0 Å². The third-order valence-corrected chi connectivity index (χ3v) is 0. The van der Waals surface area contributed by atoms with Gasteiger partial charge in [-0.2, -0.15) is 0 Å². The van der Waals surface area contributed by atoms with Gasteiger partial charge in [-0.1, -0.05) is 0 Å². The molecule has 4 nitrogen and oxygen atoms in total. The Bertz CT molecular complexity index is 7.51. The molecule has 6 heavy (non-hydrogen) atoms. The Morgan fingerprint density at radius 1 is 0.500 bits per heavy atom. The predicted octanol–water partition coefficient (Wildman–Crippen LogP) is -0.710. The fourth-order valence-electron chi connectivity index (χ4n) is 0. The zero-order valence-electron chi connectivity index (χ0n) is 2.79. The maximum atomic E-state index is 0. The van der Waals surface area contributed by atoms with Gasteiger partial charge >= 0.3 is 26.2 Å². The second kappa shape index (κ2) is 59.9. The van der Waals surface area contributed by atoms with Crippen LogP contribution < -0.4 is 0 Å². The van der Waals surface area contributed by atoms with Gasteiger partial charge in [-0.15, -0.1) is 0 Å². The molecule has 0 spiro atoms. The summed E-state index contributed by atoms with van der Waals surface area (Å²) in [5.74, 6) is 0. The van der Waals surface area contributed by atoms with Crippen LogP contribution in [0.3, 0.4) is 0 Å². The first-order valence-electron chi connectivity index (χ1n) is 0. The SMILES string of the molecule is [Ce].[OH-].[OH-].[OH-].[OH-].[Zr+4]. The summed E-state index contributed by atoms with van der Waals surface area (Å²) in [6.07, 6.45) is 0. The van der Waals surface area contributed by atoms with E-state index in [9.17, 15) is 0 Å². The zero-order chi connectivity index (χ0) is 0. The van der Waals surface area contributed by atoms with Gasteiger partial charge in [-0.25, -0.2) is 0 Å². The Kier molecular flexibility index (Phi) is 925. The van der Waals surface area contributed by atoms with Crippen molar-refractivity contribution in [3.05, 3.63) is 0 Å². The van der Waals surface area contributed by atoms with Gasteiger partial charge in [0.15, 0.2) is 0 Å². The van der Waals surface area contributed by atoms with E-state index in [-0.39, 0.29) is 89.9 Å². The molecule has 0 aliphatic carbocycles. The van der Waals surface area contributed by atoms with E-state index in [0.29, 0.717) is 0 Å². The van der Waals surface area contributed by atoms with Crippen molar-refractivity contribution in [3.63, 3.8) is 0 Å². The molecule has 0 bridgehead atoms. The van der Waals surface area contributed by atoms with Crippen LogP contribution in [-0.2, 0) is 26.2 Å². The second-order valence-corrected chi connectivity index (χ2v) is 0. The molecule has 4 N–H and O–H groups in total. The maximum absolute atomic E-state index is 0. The van der Waals surface area contributed by atoms with Crippen molar-refractivity contribution >= 4 is 0 Å². The van der Waals surface area contributed by atoms with E-state index in [1.54, 1.807) is 0 Å². The molecule has 0 saturated heterocycles. The molecular weight excluding hydrogens is 295 g/mol. The van der Waals surface area contributed by atoms with Crippen molar-refractivity contribution in [1.29, 1.82) is 0 Å². The van der Waals surface area contributed by atoms with Crippen LogP contribution in [0.25, 0.3) is 0 Å². The molecule has 0 heterocycles. The average molecular weight is 299 g/mol. The van der Waals surface area contributed by atoms with E-state index in [0.717, 1.165) is 0 Å². The first kappa shape index (κ1) is 92.6. The van der Waals surface area contributed by atoms with Crippen molar-refractivity contribution in [2.24, 2.45) is 0 Å². The quantitative estimate of drug-likeness (QED) is 0.586. The molecule has 0 aromatic heterocycles. The van der Waals surface area contributed by atoms with Crippen molar-refractivity contribution < 1.29 is 89.9 Å². The van der Waals surface area contributed by atoms with Crippen molar-refractivity contribution in [2.75, 3.05) is 0 Å². The predicted molar refractivity (Wildman–Crippen MR) is 7.74 cm³/mol. The van der Waals surface area contributed by atoms with Crippen LogP contribution in [0.2, 0.25) is 0 Å². The first-order chi connectivity index (χ1) is 0. The van der Waals surface area contributed by atoms with Crippen molar-refractivity contribution in [2.45, 2.75) is 0 Å². The molecule has 0 fully saturated rings. The first-order valence-corrected chi connectivity index (χ1v) is 0. The number of hydrogen-bond acceptors (Lipinski definition) is 4. The molecule has 0 radical (unpaired) electrons. The Morgan fingerprint density at radius 3 is 0.500 bits per heavy atom. The maximum Gasteiger partial charge on any atom is 4.00 e. The summed E-state index contributed by atoms with van der Waals surface area (Å²) in [6, 6.07) is 0. The Morgan fingerprint density at radius 2 is 0.500 bits per heavy atom. The van der Waals surface area contributed by atoms with Crippen molar-refractivity contribution in [1.82, 2.24) is 0 Å². The third-order valence-electron chi connectivity index (χ3n) is 0. The molecule has 36 valence electrons. The van der Waals surface area contributed by atoms with E-state index in [1.165, 1.54) is 0 Å². The second-order valence-electron chi connectivity index (χ2n) is 0. The Hall–Kier alpha value is 2.10. The molecule has 0 aromatic carbocycles. The monoisotopic (exact) mass is 298 g/mol.